The second-order valence-corrected chi connectivity index (χ2v) is 7.84. The summed E-state index contributed by atoms with van der Waals surface area (Å²) in [6.45, 7) is 3.74. The molecule has 0 N–H and O–H groups in total. The highest BCUT2D eigenvalue weighted by Gasteiger charge is 2.49. The minimum Gasteiger partial charge on any atom is -0.465 e. The van der Waals surface area contributed by atoms with Crippen molar-refractivity contribution in [1.82, 2.24) is 15.1 Å². The van der Waals surface area contributed by atoms with E-state index in [4.69, 9.17) is 4.74 Å². The number of ether oxygens (including phenoxy) is 1. The molecule has 4 fully saturated rings. The van der Waals surface area contributed by atoms with Crippen LogP contribution in [0.5, 0.6) is 5.19 Å². The van der Waals surface area contributed by atoms with Gasteiger partial charge in [0.2, 0.25) is 0 Å². The van der Waals surface area contributed by atoms with Crippen LogP contribution in [0, 0.1) is 17.8 Å². The molecule has 2 aromatic rings. The van der Waals surface area contributed by atoms with E-state index in [1.54, 1.807) is 11.3 Å². The molecular formula is C17H19N3OS. The predicted molar refractivity (Wildman–Crippen MR) is 85.9 cm³/mol. The van der Waals surface area contributed by atoms with Crippen LogP contribution < -0.4 is 4.74 Å². The van der Waals surface area contributed by atoms with Crippen molar-refractivity contribution >= 4 is 11.3 Å². The molecule has 1 aromatic carbocycles. The Morgan fingerprint density at radius 2 is 1.77 bits per heavy atom. The van der Waals surface area contributed by atoms with Gasteiger partial charge < -0.3 is 9.64 Å². The quantitative estimate of drug-likeness (QED) is 0.873. The van der Waals surface area contributed by atoms with Crippen molar-refractivity contribution in [1.29, 1.82) is 0 Å². The predicted octanol–water partition coefficient (Wildman–Crippen LogP) is 2.92. The van der Waals surface area contributed by atoms with Crippen LogP contribution in [0.4, 0.5) is 0 Å². The van der Waals surface area contributed by atoms with Gasteiger partial charge >= 0.3 is 0 Å². The van der Waals surface area contributed by atoms with Crippen molar-refractivity contribution in [3.8, 4) is 15.8 Å². The second-order valence-electron chi connectivity index (χ2n) is 6.90. The van der Waals surface area contributed by atoms with E-state index in [0.29, 0.717) is 17.9 Å². The molecule has 5 heteroatoms. The Balaban J connectivity index is 1.35. The number of nitrogens with zero attached hydrogens (tertiary/aromatic N) is 3. The number of rotatable bonds is 3. The van der Waals surface area contributed by atoms with Crippen LogP contribution >= 0.6 is 11.3 Å². The molecule has 0 radical (unpaired) electrons. The van der Waals surface area contributed by atoms with Crippen LogP contribution in [0.1, 0.15) is 12.8 Å². The highest BCUT2D eigenvalue weighted by atomic mass is 32.1. The fraction of sp³-hybridized carbons (Fsp3) is 0.529. The fourth-order valence-electron chi connectivity index (χ4n) is 4.63. The molecule has 0 amide bonds. The largest absolute Gasteiger partial charge is 0.465 e. The van der Waals surface area contributed by atoms with Gasteiger partial charge in [0.05, 0.1) is 0 Å². The summed E-state index contributed by atoms with van der Waals surface area (Å²) in [5.74, 6) is 2.29. The van der Waals surface area contributed by atoms with Gasteiger partial charge in [-0.15, -0.1) is 5.10 Å². The van der Waals surface area contributed by atoms with Gasteiger partial charge in [-0.2, -0.15) is 0 Å². The van der Waals surface area contributed by atoms with Crippen molar-refractivity contribution in [3.05, 3.63) is 30.3 Å². The Kier molecular flexibility index (Phi) is 2.98. The Morgan fingerprint density at radius 1 is 1.00 bits per heavy atom. The lowest BCUT2D eigenvalue weighted by Gasteiger charge is -2.54. The van der Waals surface area contributed by atoms with Gasteiger partial charge in [-0.05, 0) is 18.8 Å². The maximum atomic E-state index is 6.31. The van der Waals surface area contributed by atoms with E-state index in [1.807, 2.05) is 18.2 Å². The summed E-state index contributed by atoms with van der Waals surface area (Å²) in [4.78, 5) is 2.63. The molecule has 22 heavy (non-hydrogen) atoms. The van der Waals surface area contributed by atoms with Crippen LogP contribution in [0.15, 0.2) is 30.3 Å². The number of benzene rings is 1. The Labute approximate surface area is 134 Å². The summed E-state index contributed by atoms with van der Waals surface area (Å²) >= 11 is 1.57. The Morgan fingerprint density at radius 3 is 2.50 bits per heavy atom. The summed E-state index contributed by atoms with van der Waals surface area (Å²) in [6, 6.07) is 10.2. The molecule has 114 valence electrons. The zero-order chi connectivity index (χ0) is 14.5. The van der Waals surface area contributed by atoms with Gasteiger partial charge in [-0.25, -0.2) is 0 Å². The van der Waals surface area contributed by atoms with Crippen molar-refractivity contribution in [2.45, 2.75) is 18.9 Å². The lowest BCUT2D eigenvalue weighted by molar-refractivity contribution is -0.0986. The van der Waals surface area contributed by atoms with Gasteiger partial charge in [0.25, 0.3) is 5.19 Å². The van der Waals surface area contributed by atoms with Crippen molar-refractivity contribution in [2.75, 3.05) is 19.6 Å². The minimum absolute atomic E-state index is 0.351. The zero-order valence-corrected chi connectivity index (χ0v) is 13.2. The van der Waals surface area contributed by atoms with Gasteiger partial charge in [0, 0.05) is 37.0 Å². The minimum atomic E-state index is 0.351. The van der Waals surface area contributed by atoms with E-state index in [9.17, 15) is 0 Å². The summed E-state index contributed by atoms with van der Waals surface area (Å²) in [5, 5.41) is 10.3. The maximum Gasteiger partial charge on any atom is 0.294 e. The highest BCUT2D eigenvalue weighted by molar-refractivity contribution is 7.16. The fourth-order valence-corrected chi connectivity index (χ4v) is 5.37. The average molecular weight is 313 g/mol. The van der Waals surface area contributed by atoms with E-state index >= 15 is 0 Å². The molecule has 1 saturated carbocycles. The third kappa shape index (κ3) is 2.15. The average Bonchev–Trinajstić information content (AvgIpc) is 3.00. The Bertz CT molecular complexity index is 644. The van der Waals surface area contributed by atoms with Crippen LogP contribution in [-0.2, 0) is 0 Å². The van der Waals surface area contributed by atoms with Crippen molar-refractivity contribution in [3.63, 3.8) is 0 Å². The number of aromatic nitrogens is 2. The molecule has 0 unspecified atom stereocenters. The van der Waals surface area contributed by atoms with Crippen molar-refractivity contribution in [2.24, 2.45) is 17.8 Å². The van der Waals surface area contributed by atoms with Gasteiger partial charge in [-0.3, -0.25) is 0 Å². The summed E-state index contributed by atoms with van der Waals surface area (Å²) in [7, 11) is 0. The molecule has 4 bridgehead atoms. The van der Waals surface area contributed by atoms with Crippen LogP contribution in [0.2, 0.25) is 0 Å². The molecule has 1 aliphatic carbocycles. The van der Waals surface area contributed by atoms with Crippen LogP contribution in [-0.4, -0.2) is 40.8 Å². The molecule has 3 aliphatic heterocycles. The zero-order valence-electron chi connectivity index (χ0n) is 12.4. The van der Waals surface area contributed by atoms with Gasteiger partial charge in [0.15, 0.2) is 5.01 Å². The third-order valence-corrected chi connectivity index (χ3v) is 6.23. The summed E-state index contributed by atoms with van der Waals surface area (Å²) < 4.78 is 6.31. The third-order valence-electron chi connectivity index (χ3n) is 5.37. The number of hydrogen-bond donors (Lipinski definition) is 0. The van der Waals surface area contributed by atoms with E-state index in [-0.39, 0.29) is 0 Å². The standard InChI is InChI=1S/C17H19N3OS/c1-2-4-12(5-3-1)16-18-19-17(22-16)21-15-13-6-11-7-14(15)10-20(8-11)9-13/h1-5,11,13-15H,6-10H2/t11?,13-,14-,15?/m0/s1. The topological polar surface area (TPSA) is 38.3 Å². The smallest absolute Gasteiger partial charge is 0.294 e. The summed E-state index contributed by atoms with van der Waals surface area (Å²) in [5.41, 5.74) is 1.12. The lowest BCUT2D eigenvalue weighted by atomic mass is 9.66. The van der Waals surface area contributed by atoms with Gasteiger partial charge in [-0.1, -0.05) is 46.8 Å². The van der Waals surface area contributed by atoms with Crippen molar-refractivity contribution < 1.29 is 4.74 Å². The molecule has 4 aliphatic rings. The molecule has 4 heterocycles. The lowest BCUT2D eigenvalue weighted by Crippen LogP contribution is -2.61. The first-order valence-electron chi connectivity index (χ1n) is 8.13. The highest BCUT2D eigenvalue weighted by Crippen LogP contribution is 2.45. The SMILES string of the molecule is c1ccc(-c2nnc(OC3[C@H]4CC5C[C@H]3CN(C5)C4)s2)cc1. The van der Waals surface area contributed by atoms with Crippen LogP contribution in [0.25, 0.3) is 10.6 Å². The Hall–Kier alpha value is -1.46. The first kappa shape index (κ1) is 13.0. The van der Waals surface area contributed by atoms with E-state index in [1.165, 1.54) is 32.5 Å². The molecule has 0 spiro atoms. The second kappa shape index (κ2) is 5.03. The number of piperidine rings is 3. The first-order chi connectivity index (χ1) is 10.8. The molecule has 2 atom stereocenters. The number of hydrogen-bond acceptors (Lipinski definition) is 5. The molecule has 1 aromatic heterocycles. The molecule has 4 nitrogen and oxygen atoms in total. The van der Waals surface area contributed by atoms with Gasteiger partial charge in [0.1, 0.15) is 6.10 Å². The van der Waals surface area contributed by atoms with Crippen LogP contribution in [0.3, 0.4) is 0 Å². The first-order valence-corrected chi connectivity index (χ1v) is 8.95. The van der Waals surface area contributed by atoms with E-state index < -0.39 is 0 Å². The normalized spacial score (nSPS) is 35.7. The van der Waals surface area contributed by atoms with E-state index in [0.717, 1.165) is 21.7 Å². The monoisotopic (exact) mass is 313 g/mol. The van der Waals surface area contributed by atoms with E-state index in [2.05, 4.69) is 27.2 Å². The molecular weight excluding hydrogens is 294 g/mol. The molecule has 6 rings (SSSR count). The maximum absolute atomic E-state index is 6.31. The summed E-state index contributed by atoms with van der Waals surface area (Å²) in [6.07, 6.45) is 3.02. The molecule has 3 saturated heterocycles.